The molecule has 0 saturated heterocycles. The highest BCUT2D eigenvalue weighted by Crippen LogP contribution is 2.25. The molecule has 0 saturated carbocycles. The Balaban J connectivity index is 1.64. The Labute approximate surface area is 165 Å². The first kappa shape index (κ1) is 18.7. The van der Waals surface area contributed by atoms with Crippen LogP contribution in [0.4, 0.5) is 5.82 Å². The number of anilines is 1. The number of nitrogens with zero attached hydrogens (tertiary/aromatic N) is 1. The van der Waals surface area contributed by atoms with Crippen LogP contribution in [0.2, 0.25) is 10.0 Å². The van der Waals surface area contributed by atoms with Gasteiger partial charge in [-0.25, -0.2) is 4.98 Å². The molecule has 0 atom stereocenters. The summed E-state index contributed by atoms with van der Waals surface area (Å²) in [6, 6.07) is 9.37. The molecule has 0 bridgehead atoms. The van der Waals surface area contributed by atoms with Crippen molar-refractivity contribution in [2.75, 3.05) is 5.32 Å². The average Bonchev–Trinajstić information content (AvgIpc) is 3.06. The van der Waals surface area contributed by atoms with Crippen LogP contribution < -0.4 is 10.1 Å². The topological polar surface area (TPSA) is 51.2 Å². The van der Waals surface area contributed by atoms with Gasteiger partial charge < -0.3 is 10.1 Å². The fraction of sp³-hybridized carbons (Fsp3) is 0.158. The van der Waals surface area contributed by atoms with Crippen LogP contribution in [-0.2, 0) is 6.61 Å². The summed E-state index contributed by atoms with van der Waals surface area (Å²) in [5.74, 6) is 0.844. The van der Waals surface area contributed by atoms with Gasteiger partial charge in [0, 0.05) is 11.8 Å². The monoisotopic (exact) mass is 406 g/mol. The van der Waals surface area contributed by atoms with Gasteiger partial charge in [-0.15, -0.1) is 11.3 Å². The molecule has 1 aromatic carbocycles. The van der Waals surface area contributed by atoms with Gasteiger partial charge in [0.1, 0.15) is 12.4 Å². The van der Waals surface area contributed by atoms with E-state index in [2.05, 4.69) is 16.4 Å². The van der Waals surface area contributed by atoms with Gasteiger partial charge in [-0.1, -0.05) is 40.9 Å². The first-order valence-corrected chi connectivity index (χ1v) is 9.46. The fourth-order valence-electron chi connectivity index (χ4n) is 2.37. The molecule has 1 amide bonds. The van der Waals surface area contributed by atoms with E-state index in [1.54, 1.807) is 6.07 Å². The number of benzene rings is 1. The van der Waals surface area contributed by atoms with Crippen molar-refractivity contribution >= 4 is 46.3 Å². The lowest BCUT2D eigenvalue weighted by atomic mass is 10.1. The number of ether oxygens (including phenoxy) is 1. The summed E-state index contributed by atoms with van der Waals surface area (Å²) >= 11 is 13.2. The number of rotatable bonds is 5. The standard InChI is InChI=1S/C19H16Cl2N2O2S/c1-11-3-4-16(12(2)5-11)25-9-13-6-17(26-10-13)19(24)23-18-15(21)7-14(20)8-22-18/h3-8,10H,9H2,1-2H3,(H,22,23,24). The quantitative estimate of drug-likeness (QED) is 0.573. The lowest BCUT2D eigenvalue weighted by Gasteiger charge is -2.08. The second-order valence-electron chi connectivity index (χ2n) is 5.81. The third kappa shape index (κ3) is 4.55. The SMILES string of the molecule is Cc1ccc(OCc2csc(C(=O)Nc3ncc(Cl)cc3Cl)c2)c(C)c1. The third-order valence-corrected chi connectivity index (χ3v) is 5.11. The largest absolute Gasteiger partial charge is 0.489 e. The Morgan fingerprint density at radius 1 is 1.23 bits per heavy atom. The minimum absolute atomic E-state index is 0.274. The van der Waals surface area contributed by atoms with E-state index in [-0.39, 0.29) is 11.7 Å². The third-order valence-electron chi connectivity index (χ3n) is 3.64. The van der Waals surface area contributed by atoms with Crippen molar-refractivity contribution in [3.8, 4) is 5.75 Å². The first-order chi connectivity index (χ1) is 12.4. The van der Waals surface area contributed by atoms with Crippen molar-refractivity contribution in [2.45, 2.75) is 20.5 Å². The number of carbonyl (C=O) groups is 1. The van der Waals surface area contributed by atoms with E-state index < -0.39 is 0 Å². The number of aromatic nitrogens is 1. The first-order valence-electron chi connectivity index (χ1n) is 7.82. The predicted molar refractivity (Wildman–Crippen MR) is 107 cm³/mol. The zero-order valence-electron chi connectivity index (χ0n) is 14.2. The van der Waals surface area contributed by atoms with Crippen LogP contribution in [0, 0.1) is 13.8 Å². The highest BCUT2D eigenvalue weighted by atomic mass is 35.5. The Morgan fingerprint density at radius 3 is 2.77 bits per heavy atom. The van der Waals surface area contributed by atoms with E-state index in [1.807, 2.05) is 31.4 Å². The van der Waals surface area contributed by atoms with E-state index in [0.29, 0.717) is 21.5 Å². The van der Waals surface area contributed by atoms with E-state index in [0.717, 1.165) is 16.9 Å². The maximum absolute atomic E-state index is 12.4. The van der Waals surface area contributed by atoms with Crippen LogP contribution >= 0.6 is 34.5 Å². The molecule has 0 radical (unpaired) electrons. The molecular weight excluding hydrogens is 391 g/mol. The van der Waals surface area contributed by atoms with E-state index >= 15 is 0 Å². The number of hydrogen-bond donors (Lipinski definition) is 1. The Bertz CT molecular complexity index is 956. The molecule has 0 spiro atoms. The van der Waals surface area contributed by atoms with E-state index in [9.17, 15) is 4.79 Å². The highest BCUT2D eigenvalue weighted by molar-refractivity contribution is 7.12. The molecular formula is C19H16Cl2N2O2S. The van der Waals surface area contributed by atoms with Crippen molar-refractivity contribution in [1.29, 1.82) is 0 Å². The molecule has 0 fully saturated rings. The number of halogens is 2. The van der Waals surface area contributed by atoms with Crippen molar-refractivity contribution in [3.05, 3.63) is 73.5 Å². The summed E-state index contributed by atoms with van der Waals surface area (Å²) in [6.45, 7) is 4.45. The Hall–Kier alpha value is -2.08. The van der Waals surface area contributed by atoms with Crippen molar-refractivity contribution in [1.82, 2.24) is 4.98 Å². The number of amides is 1. The van der Waals surface area contributed by atoms with Gasteiger partial charge in [-0.3, -0.25) is 4.79 Å². The molecule has 2 aromatic heterocycles. The molecule has 0 aliphatic heterocycles. The number of pyridine rings is 1. The molecule has 134 valence electrons. The Kier molecular flexibility index (Phi) is 5.81. The van der Waals surface area contributed by atoms with Gasteiger partial charge in [0.2, 0.25) is 0 Å². The molecule has 26 heavy (non-hydrogen) atoms. The van der Waals surface area contributed by atoms with Gasteiger partial charge in [-0.05, 0) is 43.0 Å². The van der Waals surface area contributed by atoms with Gasteiger partial charge in [0.15, 0.2) is 5.82 Å². The lowest BCUT2D eigenvalue weighted by Crippen LogP contribution is -2.11. The highest BCUT2D eigenvalue weighted by Gasteiger charge is 2.13. The average molecular weight is 407 g/mol. The van der Waals surface area contributed by atoms with Gasteiger partial charge in [0.05, 0.1) is 14.9 Å². The smallest absolute Gasteiger partial charge is 0.266 e. The molecule has 3 aromatic rings. The maximum Gasteiger partial charge on any atom is 0.266 e. The maximum atomic E-state index is 12.4. The van der Waals surface area contributed by atoms with Gasteiger partial charge in [0.25, 0.3) is 5.91 Å². The predicted octanol–water partition coefficient (Wildman–Crippen LogP) is 5.90. The van der Waals surface area contributed by atoms with Crippen LogP contribution in [0.3, 0.4) is 0 Å². The minimum Gasteiger partial charge on any atom is -0.489 e. The van der Waals surface area contributed by atoms with Crippen LogP contribution in [0.25, 0.3) is 0 Å². The second-order valence-corrected chi connectivity index (χ2v) is 7.57. The zero-order valence-corrected chi connectivity index (χ0v) is 16.5. The summed E-state index contributed by atoms with van der Waals surface area (Å²) in [5, 5.41) is 5.29. The normalized spacial score (nSPS) is 10.6. The number of hydrogen-bond acceptors (Lipinski definition) is 4. The van der Waals surface area contributed by atoms with Crippen molar-refractivity contribution in [3.63, 3.8) is 0 Å². The van der Waals surface area contributed by atoms with Crippen molar-refractivity contribution < 1.29 is 9.53 Å². The number of nitrogens with one attached hydrogen (secondary N) is 1. The second kappa shape index (κ2) is 8.08. The zero-order chi connectivity index (χ0) is 18.7. The lowest BCUT2D eigenvalue weighted by molar-refractivity contribution is 0.103. The van der Waals surface area contributed by atoms with Crippen LogP contribution in [0.15, 0.2) is 41.9 Å². The molecule has 7 heteroatoms. The summed E-state index contributed by atoms with van der Waals surface area (Å²) in [4.78, 5) is 16.9. The molecule has 0 aliphatic carbocycles. The van der Waals surface area contributed by atoms with Crippen LogP contribution in [0.1, 0.15) is 26.4 Å². The van der Waals surface area contributed by atoms with E-state index in [4.69, 9.17) is 27.9 Å². The van der Waals surface area contributed by atoms with E-state index in [1.165, 1.54) is 29.2 Å². The molecule has 3 rings (SSSR count). The molecule has 2 heterocycles. The molecule has 0 aliphatic rings. The molecule has 1 N–H and O–H groups in total. The summed E-state index contributed by atoms with van der Waals surface area (Å²) in [6.07, 6.45) is 1.43. The molecule has 0 unspecified atom stereocenters. The van der Waals surface area contributed by atoms with Crippen LogP contribution in [0.5, 0.6) is 5.75 Å². The number of aryl methyl sites for hydroxylation is 2. The fourth-order valence-corrected chi connectivity index (χ4v) is 3.59. The van der Waals surface area contributed by atoms with Gasteiger partial charge in [-0.2, -0.15) is 0 Å². The Morgan fingerprint density at radius 2 is 2.04 bits per heavy atom. The number of carbonyl (C=O) groups excluding carboxylic acids is 1. The summed E-state index contributed by atoms with van der Waals surface area (Å²) < 4.78 is 5.85. The number of thiophene rings is 1. The minimum atomic E-state index is -0.274. The van der Waals surface area contributed by atoms with Gasteiger partial charge >= 0.3 is 0 Å². The molecule has 4 nitrogen and oxygen atoms in total. The van der Waals surface area contributed by atoms with Crippen LogP contribution in [-0.4, -0.2) is 10.9 Å². The summed E-state index contributed by atoms with van der Waals surface area (Å²) in [7, 11) is 0. The summed E-state index contributed by atoms with van der Waals surface area (Å²) in [5.41, 5.74) is 3.20. The van der Waals surface area contributed by atoms with Crippen molar-refractivity contribution in [2.24, 2.45) is 0 Å².